The van der Waals surface area contributed by atoms with Crippen LogP contribution in [0, 0.1) is 0 Å². The third-order valence-electron chi connectivity index (χ3n) is 5.34. The summed E-state index contributed by atoms with van der Waals surface area (Å²) in [5.41, 5.74) is 0.177. The molecule has 1 unspecified atom stereocenters. The molecular formula is C23H18ClN3O4S2. The lowest BCUT2D eigenvalue weighted by molar-refractivity contribution is -0.123. The van der Waals surface area contributed by atoms with Gasteiger partial charge >= 0.3 is 0 Å². The van der Waals surface area contributed by atoms with Gasteiger partial charge in [-0.2, -0.15) is 4.98 Å². The largest absolute Gasteiger partial charge is 0.437 e. The monoisotopic (exact) mass is 499 g/mol. The minimum Gasteiger partial charge on any atom is -0.437 e. The molecule has 5 rings (SSSR count). The SMILES string of the molecule is O=C1/C(=C\c2c(Oc3ccccc3Cl)nc3ccccn3c2=O)SC(=S)N1CC1CCCO1. The minimum atomic E-state index is -0.368. The van der Waals surface area contributed by atoms with Crippen LogP contribution < -0.4 is 10.3 Å². The van der Waals surface area contributed by atoms with E-state index >= 15 is 0 Å². The molecule has 0 saturated carbocycles. The summed E-state index contributed by atoms with van der Waals surface area (Å²) < 4.78 is 13.4. The van der Waals surface area contributed by atoms with Crippen molar-refractivity contribution in [2.75, 3.05) is 13.2 Å². The van der Waals surface area contributed by atoms with Gasteiger partial charge in [-0.3, -0.25) is 18.9 Å². The van der Waals surface area contributed by atoms with E-state index in [4.69, 9.17) is 33.3 Å². The first kappa shape index (κ1) is 22.1. The number of pyridine rings is 1. The van der Waals surface area contributed by atoms with Crippen molar-refractivity contribution >= 4 is 57.5 Å². The number of thioether (sulfide) groups is 1. The molecule has 33 heavy (non-hydrogen) atoms. The van der Waals surface area contributed by atoms with Crippen LogP contribution in [0.4, 0.5) is 0 Å². The van der Waals surface area contributed by atoms with E-state index in [0.717, 1.165) is 24.6 Å². The Morgan fingerprint density at radius 1 is 1.24 bits per heavy atom. The van der Waals surface area contributed by atoms with E-state index in [2.05, 4.69) is 4.98 Å². The molecule has 0 bridgehead atoms. The van der Waals surface area contributed by atoms with Crippen LogP contribution in [0.2, 0.25) is 5.02 Å². The van der Waals surface area contributed by atoms with E-state index < -0.39 is 0 Å². The highest BCUT2D eigenvalue weighted by Gasteiger charge is 2.35. The Labute approximate surface area is 204 Å². The van der Waals surface area contributed by atoms with Gasteiger partial charge in [-0.1, -0.05) is 53.8 Å². The number of thiocarbonyl (C=S) groups is 1. The average Bonchev–Trinajstić information content (AvgIpc) is 3.42. The first-order valence-corrected chi connectivity index (χ1v) is 11.9. The van der Waals surface area contributed by atoms with Gasteiger partial charge in [0.05, 0.1) is 22.6 Å². The Hall–Kier alpha value is -2.72. The van der Waals surface area contributed by atoms with Crippen molar-refractivity contribution in [2.24, 2.45) is 0 Å². The fourth-order valence-electron chi connectivity index (χ4n) is 3.70. The Morgan fingerprint density at radius 3 is 2.85 bits per heavy atom. The van der Waals surface area contributed by atoms with E-state index in [9.17, 15) is 9.59 Å². The van der Waals surface area contributed by atoms with Crippen LogP contribution in [0.5, 0.6) is 11.6 Å². The molecular weight excluding hydrogens is 482 g/mol. The smallest absolute Gasteiger partial charge is 0.269 e. The number of nitrogens with zero attached hydrogens (tertiary/aromatic N) is 3. The topological polar surface area (TPSA) is 73.1 Å². The molecule has 0 radical (unpaired) electrons. The van der Waals surface area contributed by atoms with Crippen molar-refractivity contribution in [3.63, 3.8) is 0 Å². The maximum atomic E-state index is 13.3. The van der Waals surface area contributed by atoms with Crippen molar-refractivity contribution in [3.05, 3.63) is 74.5 Å². The van der Waals surface area contributed by atoms with Gasteiger partial charge in [0.25, 0.3) is 11.5 Å². The maximum absolute atomic E-state index is 13.3. The molecule has 7 nitrogen and oxygen atoms in total. The minimum absolute atomic E-state index is 0.0288. The van der Waals surface area contributed by atoms with Crippen molar-refractivity contribution in [3.8, 4) is 11.6 Å². The zero-order valence-corrected chi connectivity index (χ0v) is 19.7. The molecule has 0 aliphatic carbocycles. The zero-order valence-electron chi connectivity index (χ0n) is 17.3. The number of hydrogen-bond donors (Lipinski definition) is 0. The van der Waals surface area contributed by atoms with Gasteiger partial charge in [0.2, 0.25) is 5.88 Å². The lowest BCUT2D eigenvalue weighted by atomic mass is 10.2. The number of amides is 1. The summed E-state index contributed by atoms with van der Waals surface area (Å²) in [6.07, 6.45) is 4.94. The van der Waals surface area contributed by atoms with E-state index in [1.54, 1.807) is 48.7 Å². The standard InChI is InChI=1S/C23H18ClN3O4S2/c24-16-7-1-2-8-17(16)31-20-15(21(28)26-10-4-3-9-19(26)25-20)12-18-22(29)27(23(32)33-18)13-14-6-5-11-30-14/h1-4,7-10,12,14H,5-6,11,13H2/b18-12+. The number of para-hydroxylation sites is 1. The lowest BCUT2D eigenvalue weighted by Crippen LogP contribution is -2.35. The van der Waals surface area contributed by atoms with E-state index in [0.29, 0.717) is 38.8 Å². The lowest BCUT2D eigenvalue weighted by Gasteiger charge is -2.18. The Balaban J connectivity index is 1.56. The summed E-state index contributed by atoms with van der Waals surface area (Å²) in [6.45, 7) is 1.09. The summed E-state index contributed by atoms with van der Waals surface area (Å²) in [5.74, 6) is 0.150. The molecule has 168 valence electrons. The first-order valence-electron chi connectivity index (χ1n) is 10.3. The quantitative estimate of drug-likeness (QED) is 0.377. The molecule has 4 heterocycles. The number of rotatable bonds is 5. The molecule has 2 aromatic heterocycles. The van der Waals surface area contributed by atoms with E-state index in [-0.39, 0.29) is 29.0 Å². The summed E-state index contributed by atoms with van der Waals surface area (Å²) in [4.78, 5) is 32.8. The highest BCUT2D eigenvalue weighted by molar-refractivity contribution is 8.26. The number of ether oxygens (including phenoxy) is 2. The van der Waals surface area contributed by atoms with E-state index in [1.807, 2.05) is 0 Å². The summed E-state index contributed by atoms with van der Waals surface area (Å²) >= 11 is 12.8. The second-order valence-corrected chi connectivity index (χ2v) is 9.61. The Kier molecular flexibility index (Phi) is 6.20. The van der Waals surface area contributed by atoms with Crippen molar-refractivity contribution < 1.29 is 14.3 Å². The number of fused-ring (bicyclic) bond motifs is 1. The van der Waals surface area contributed by atoms with Crippen LogP contribution in [0.25, 0.3) is 11.7 Å². The predicted octanol–water partition coefficient (Wildman–Crippen LogP) is 4.52. The molecule has 10 heteroatoms. The molecule has 2 fully saturated rings. The molecule has 1 amide bonds. The van der Waals surface area contributed by atoms with Gasteiger partial charge in [-0.25, -0.2) is 0 Å². The van der Waals surface area contributed by atoms with Crippen molar-refractivity contribution in [1.29, 1.82) is 0 Å². The fourth-order valence-corrected chi connectivity index (χ4v) is 5.13. The first-order chi connectivity index (χ1) is 16.0. The van der Waals surface area contributed by atoms with Gasteiger partial charge in [0.1, 0.15) is 21.3 Å². The number of benzene rings is 1. The van der Waals surface area contributed by atoms with Crippen LogP contribution in [0.1, 0.15) is 18.4 Å². The molecule has 2 saturated heterocycles. The number of aromatic nitrogens is 2. The number of halogens is 1. The fraction of sp³-hybridized carbons (Fsp3) is 0.217. The zero-order chi connectivity index (χ0) is 22.9. The van der Waals surface area contributed by atoms with Gasteiger partial charge in [0.15, 0.2) is 0 Å². The van der Waals surface area contributed by atoms with Crippen LogP contribution in [0.15, 0.2) is 58.4 Å². The summed E-state index contributed by atoms with van der Waals surface area (Å²) in [5, 5.41) is 0.376. The normalized spacial score (nSPS) is 19.7. The third kappa shape index (κ3) is 4.41. The van der Waals surface area contributed by atoms with Crippen LogP contribution in [-0.2, 0) is 9.53 Å². The molecule has 0 N–H and O–H groups in total. The molecule has 3 aromatic rings. The molecule has 0 spiro atoms. The number of carbonyl (C=O) groups excluding carboxylic acids is 1. The maximum Gasteiger partial charge on any atom is 0.269 e. The predicted molar refractivity (Wildman–Crippen MR) is 132 cm³/mol. The van der Waals surface area contributed by atoms with Gasteiger partial charge in [-0.15, -0.1) is 0 Å². The second-order valence-electron chi connectivity index (χ2n) is 7.52. The average molecular weight is 500 g/mol. The molecule has 2 aliphatic heterocycles. The molecule has 1 atom stereocenters. The number of carbonyl (C=O) groups is 1. The summed E-state index contributed by atoms with van der Waals surface area (Å²) in [6, 6.07) is 12.1. The summed E-state index contributed by atoms with van der Waals surface area (Å²) in [7, 11) is 0. The third-order valence-corrected chi connectivity index (χ3v) is 7.03. The number of hydrogen-bond acceptors (Lipinski definition) is 7. The Bertz CT molecular complexity index is 1350. The van der Waals surface area contributed by atoms with Crippen LogP contribution in [0.3, 0.4) is 0 Å². The van der Waals surface area contributed by atoms with Crippen LogP contribution >= 0.6 is 35.6 Å². The molecule has 2 aliphatic rings. The van der Waals surface area contributed by atoms with Crippen molar-refractivity contribution in [2.45, 2.75) is 18.9 Å². The highest BCUT2D eigenvalue weighted by Crippen LogP contribution is 2.35. The van der Waals surface area contributed by atoms with Gasteiger partial charge < -0.3 is 9.47 Å². The second kappa shape index (κ2) is 9.26. The van der Waals surface area contributed by atoms with Gasteiger partial charge in [0, 0.05) is 12.8 Å². The molecule has 1 aromatic carbocycles. The Morgan fingerprint density at radius 2 is 2.06 bits per heavy atom. The van der Waals surface area contributed by atoms with Crippen LogP contribution in [-0.4, -0.2) is 43.8 Å². The van der Waals surface area contributed by atoms with E-state index in [1.165, 1.54) is 15.4 Å². The van der Waals surface area contributed by atoms with Gasteiger partial charge in [-0.05, 0) is 43.2 Å². The van der Waals surface area contributed by atoms with Crippen molar-refractivity contribution in [1.82, 2.24) is 14.3 Å². The highest BCUT2D eigenvalue weighted by atomic mass is 35.5.